The molecule has 0 saturated carbocycles. The Morgan fingerprint density at radius 2 is 1.79 bits per heavy atom. The zero-order valence-corrected chi connectivity index (χ0v) is 22.3. The summed E-state index contributed by atoms with van der Waals surface area (Å²) in [6.45, 7) is 2.17. The third kappa shape index (κ3) is 8.49. The number of urea groups is 1. The smallest absolute Gasteiger partial charge is 0.490 e. The number of carboxylic acid groups (broad SMARTS) is 1. The number of aliphatic carboxylic acids is 1. The van der Waals surface area contributed by atoms with Crippen LogP contribution in [0.25, 0.3) is 0 Å². The van der Waals surface area contributed by atoms with Crippen molar-refractivity contribution in [3.63, 3.8) is 0 Å². The molecule has 1 atom stereocenters. The molecule has 2 aromatic carbocycles. The summed E-state index contributed by atoms with van der Waals surface area (Å²) in [5.74, 6) is -2.07. The van der Waals surface area contributed by atoms with E-state index in [0.717, 1.165) is 36.3 Å². The van der Waals surface area contributed by atoms with Gasteiger partial charge in [0.05, 0.1) is 17.9 Å². The van der Waals surface area contributed by atoms with Crippen LogP contribution in [0.3, 0.4) is 0 Å². The fourth-order valence-corrected chi connectivity index (χ4v) is 4.83. The molecule has 0 bridgehead atoms. The van der Waals surface area contributed by atoms with Crippen LogP contribution in [0, 0.1) is 0 Å². The number of nitrogens with zero attached hydrogens (tertiary/aromatic N) is 2. The largest absolute Gasteiger partial charge is 0.493 e. The first-order chi connectivity index (χ1) is 18.1. The van der Waals surface area contributed by atoms with E-state index in [1.807, 2.05) is 18.2 Å². The predicted octanol–water partition coefficient (Wildman–Crippen LogP) is 6.56. The first-order valence-electron chi connectivity index (χ1n) is 11.9. The van der Waals surface area contributed by atoms with Gasteiger partial charge >= 0.3 is 24.4 Å². The first-order valence-corrected chi connectivity index (χ1v) is 12.7. The van der Waals surface area contributed by atoms with Crippen LogP contribution in [0.5, 0.6) is 5.75 Å². The van der Waals surface area contributed by atoms with Crippen LogP contribution in [0.4, 0.5) is 42.5 Å². The van der Waals surface area contributed by atoms with Gasteiger partial charge in [0.1, 0.15) is 5.75 Å². The van der Waals surface area contributed by atoms with Crippen LogP contribution in [-0.4, -0.2) is 61.0 Å². The Balaban J connectivity index is 0.000000532. The highest BCUT2D eigenvalue weighted by Gasteiger charge is 2.38. The van der Waals surface area contributed by atoms with Crippen LogP contribution in [0.1, 0.15) is 30.4 Å². The number of nitrogens with one attached hydrogen (secondary N) is 1. The highest BCUT2D eigenvalue weighted by molar-refractivity contribution is 9.10. The van der Waals surface area contributed by atoms with E-state index in [1.165, 1.54) is 18.9 Å². The second-order valence-corrected chi connectivity index (χ2v) is 9.98. The summed E-state index contributed by atoms with van der Waals surface area (Å²) < 4.78 is 77.2. The molecule has 2 amide bonds. The number of hydrogen-bond acceptors (Lipinski definition) is 4. The van der Waals surface area contributed by atoms with Crippen molar-refractivity contribution in [1.29, 1.82) is 0 Å². The minimum Gasteiger partial charge on any atom is -0.493 e. The number of anilines is 2. The molecule has 2 N–H and O–H groups in total. The standard InChI is InChI=1S/C23H25BrF3N3O2.C2HF3O2/c1-29-8-2-3-19(29)7-10-32-20-5-4-15-6-9-30(21(15)14-20)22(31)28-18-12-16(23(25,26)27)11-17(24)13-18;3-2(4,5)1(6)7/h4-5,11-14,19H,2-3,6-10H2,1H3,(H,28,31);(H,6,7). The molecule has 2 heterocycles. The molecule has 2 aliphatic rings. The number of carbonyl (C=O) groups is 2. The molecular weight excluding hydrogens is 600 g/mol. The zero-order chi connectivity index (χ0) is 29.0. The van der Waals surface area contributed by atoms with E-state index in [4.69, 9.17) is 14.6 Å². The third-order valence-electron chi connectivity index (χ3n) is 6.31. The van der Waals surface area contributed by atoms with Crippen LogP contribution >= 0.6 is 15.9 Å². The molecule has 214 valence electrons. The number of carboxylic acids is 1. The van der Waals surface area contributed by atoms with Crippen molar-refractivity contribution in [3.05, 3.63) is 52.0 Å². The van der Waals surface area contributed by atoms with Crippen LogP contribution in [0.2, 0.25) is 0 Å². The number of halogens is 7. The molecular formula is C25H26BrF6N3O4. The summed E-state index contributed by atoms with van der Waals surface area (Å²) in [7, 11) is 2.13. The van der Waals surface area contributed by atoms with Gasteiger partial charge < -0.3 is 20.1 Å². The van der Waals surface area contributed by atoms with Gasteiger partial charge in [0, 0.05) is 28.8 Å². The molecule has 1 saturated heterocycles. The molecule has 14 heteroatoms. The molecule has 2 aromatic rings. The topological polar surface area (TPSA) is 82.1 Å². The van der Waals surface area contributed by atoms with Gasteiger partial charge in [0.2, 0.25) is 0 Å². The molecule has 1 fully saturated rings. The van der Waals surface area contributed by atoms with E-state index in [2.05, 4.69) is 33.2 Å². The Morgan fingerprint density at radius 1 is 1.10 bits per heavy atom. The summed E-state index contributed by atoms with van der Waals surface area (Å²) in [5.41, 5.74) is 0.989. The second kappa shape index (κ2) is 12.5. The van der Waals surface area contributed by atoms with E-state index in [0.29, 0.717) is 31.4 Å². The maximum atomic E-state index is 13.1. The summed E-state index contributed by atoms with van der Waals surface area (Å²) in [6.07, 6.45) is -5.55. The lowest BCUT2D eigenvalue weighted by Gasteiger charge is -2.21. The first kappa shape index (κ1) is 30.5. The molecule has 2 aliphatic heterocycles. The lowest BCUT2D eigenvalue weighted by Crippen LogP contribution is -2.33. The van der Waals surface area contributed by atoms with Gasteiger partial charge in [0.15, 0.2) is 0 Å². The number of alkyl halides is 6. The van der Waals surface area contributed by atoms with E-state index >= 15 is 0 Å². The molecule has 7 nitrogen and oxygen atoms in total. The third-order valence-corrected chi connectivity index (χ3v) is 6.77. The molecule has 0 spiro atoms. The quantitative estimate of drug-likeness (QED) is 0.368. The molecule has 39 heavy (non-hydrogen) atoms. The van der Waals surface area contributed by atoms with E-state index in [9.17, 15) is 31.1 Å². The van der Waals surface area contributed by atoms with Crippen molar-refractivity contribution in [2.24, 2.45) is 0 Å². The zero-order valence-electron chi connectivity index (χ0n) is 20.7. The second-order valence-electron chi connectivity index (χ2n) is 9.07. The van der Waals surface area contributed by atoms with Crippen LogP contribution < -0.4 is 15.0 Å². The van der Waals surface area contributed by atoms with Crippen LogP contribution in [-0.2, 0) is 17.4 Å². The van der Waals surface area contributed by atoms with E-state index in [-0.39, 0.29) is 10.2 Å². The molecule has 0 aromatic heterocycles. The number of hydrogen-bond donors (Lipinski definition) is 2. The fourth-order valence-electron chi connectivity index (χ4n) is 4.33. The number of fused-ring (bicyclic) bond motifs is 1. The van der Waals surface area contributed by atoms with Gasteiger partial charge in [-0.1, -0.05) is 22.0 Å². The number of carbonyl (C=O) groups excluding carboxylic acids is 1. The van der Waals surface area contributed by atoms with Crippen molar-refractivity contribution in [1.82, 2.24) is 4.90 Å². The molecule has 0 aliphatic carbocycles. The van der Waals surface area contributed by atoms with Gasteiger partial charge in [-0.2, -0.15) is 26.3 Å². The van der Waals surface area contributed by atoms with Crippen LogP contribution in [0.15, 0.2) is 40.9 Å². The highest BCUT2D eigenvalue weighted by Crippen LogP contribution is 2.35. The summed E-state index contributed by atoms with van der Waals surface area (Å²) in [4.78, 5) is 25.6. The molecule has 4 rings (SSSR count). The predicted molar refractivity (Wildman–Crippen MR) is 135 cm³/mol. The lowest BCUT2D eigenvalue weighted by atomic mass is 10.1. The summed E-state index contributed by atoms with van der Waals surface area (Å²) >= 11 is 3.08. The lowest BCUT2D eigenvalue weighted by molar-refractivity contribution is -0.192. The Morgan fingerprint density at radius 3 is 2.38 bits per heavy atom. The van der Waals surface area contributed by atoms with Crippen molar-refractivity contribution in [3.8, 4) is 5.75 Å². The summed E-state index contributed by atoms with van der Waals surface area (Å²) in [6, 6.07) is 9.11. The van der Waals surface area contributed by atoms with Crippen molar-refractivity contribution >= 4 is 39.3 Å². The average molecular weight is 626 g/mol. The van der Waals surface area contributed by atoms with Crippen molar-refractivity contribution in [2.45, 2.75) is 44.1 Å². The Labute approximate surface area is 228 Å². The maximum Gasteiger partial charge on any atom is 0.490 e. The van der Waals surface area contributed by atoms with Gasteiger partial charge in [-0.05, 0) is 69.1 Å². The maximum absolute atomic E-state index is 13.1. The number of amides is 2. The normalized spacial score (nSPS) is 17.3. The number of ether oxygens (including phenoxy) is 1. The fraction of sp³-hybridized carbons (Fsp3) is 0.440. The van der Waals surface area contributed by atoms with Gasteiger partial charge in [-0.25, -0.2) is 9.59 Å². The SMILES string of the molecule is CN1CCCC1CCOc1ccc2c(c1)N(C(=O)Nc1cc(Br)cc(C(F)(F)F)c1)CC2.O=C(O)C(F)(F)F. The molecule has 0 radical (unpaired) electrons. The van der Waals surface area contributed by atoms with Crippen molar-refractivity contribution < 1.29 is 45.8 Å². The minimum atomic E-state index is -5.08. The van der Waals surface area contributed by atoms with Gasteiger partial charge in [-0.3, -0.25) is 4.90 Å². The Hall–Kier alpha value is -3.00. The average Bonchev–Trinajstić information content (AvgIpc) is 3.43. The monoisotopic (exact) mass is 625 g/mol. The Bertz CT molecular complexity index is 1190. The highest BCUT2D eigenvalue weighted by atomic mass is 79.9. The molecule has 1 unspecified atom stereocenters. The number of rotatable bonds is 5. The van der Waals surface area contributed by atoms with Gasteiger partial charge in [0.25, 0.3) is 0 Å². The van der Waals surface area contributed by atoms with Crippen molar-refractivity contribution in [2.75, 3.05) is 37.0 Å². The Kier molecular flexibility index (Phi) is 9.75. The minimum absolute atomic E-state index is 0.0817. The summed E-state index contributed by atoms with van der Waals surface area (Å²) in [5, 5.41) is 9.72. The number of benzene rings is 2. The van der Waals surface area contributed by atoms with Gasteiger partial charge in [-0.15, -0.1) is 0 Å². The van der Waals surface area contributed by atoms with E-state index in [1.54, 1.807) is 4.90 Å². The van der Waals surface area contributed by atoms with E-state index < -0.39 is 29.9 Å². The number of likely N-dealkylation sites (tertiary alicyclic amines) is 1.